The third-order valence-corrected chi connectivity index (χ3v) is 4.23. The van der Waals surface area contributed by atoms with E-state index in [1.165, 1.54) is 0 Å². The summed E-state index contributed by atoms with van der Waals surface area (Å²) in [4.78, 5) is 12.2. The van der Waals surface area contributed by atoms with E-state index in [9.17, 15) is 20.1 Å². The highest BCUT2D eigenvalue weighted by atomic mass is 16.4. The second kappa shape index (κ2) is 6.29. The maximum Gasteiger partial charge on any atom is 0.287 e. The average Bonchev–Trinajstić information content (AvgIpc) is 2.99. The van der Waals surface area contributed by atoms with Crippen molar-refractivity contribution in [1.82, 2.24) is 10.6 Å². The minimum absolute atomic E-state index is 0.102. The Balaban J connectivity index is 1.64. The van der Waals surface area contributed by atoms with Crippen LogP contribution in [0.1, 0.15) is 17.5 Å². The first-order valence-electron chi connectivity index (χ1n) is 7.54. The number of para-hydroxylation sites is 1. The van der Waals surface area contributed by atoms with Gasteiger partial charge in [-0.15, -0.1) is 0 Å². The number of aliphatic hydroxyl groups is 3. The molecular weight excluding hydrogens is 300 g/mol. The number of carbonyl (C=O) groups excluding carboxylic acids is 1. The first-order valence-corrected chi connectivity index (χ1v) is 7.54. The average molecular weight is 320 g/mol. The van der Waals surface area contributed by atoms with Crippen molar-refractivity contribution in [3.05, 3.63) is 36.1 Å². The van der Waals surface area contributed by atoms with Crippen LogP contribution in [0.4, 0.5) is 0 Å². The summed E-state index contributed by atoms with van der Waals surface area (Å²) in [6, 6.07) is 8.01. The molecule has 0 unspecified atom stereocenters. The van der Waals surface area contributed by atoms with E-state index in [4.69, 9.17) is 4.42 Å². The van der Waals surface area contributed by atoms with Crippen molar-refractivity contribution in [3.8, 4) is 0 Å². The third kappa shape index (κ3) is 3.09. The van der Waals surface area contributed by atoms with Crippen molar-refractivity contribution in [1.29, 1.82) is 0 Å². The highest BCUT2D eigenvalue weighted by Gasteiger charge is 2.40. The topological polar surface area (TPSA) is 115 Å². The van der Waals surface area contributed by atoms with E-state index in [2.05, 4.69) is 10.6 Å². The van der Waals surface area contributed by atoms with Gasteiger partial charge in [-0.3, -0.25) is 4.79 Å². The molecule has 1 aliphatic heterocycles. The van der Waals surface area contributed by atoms with E-state index in [-0.39, 0.29) is 18.3 Å². The monoisotopic (exact) mass is 320 g/mol. The Morgan fingerprint density at radius 2 is 1.96 bits per heavy atom. The molecule has 1 aromatic carbocycles. The van der Waals surface area contributed by atoms with Crippen molar-refractivity contribution in [2.45, 2.75) is 37.3 Å². The van der Waals surface area contributed by atoms with E-state index in [0.29, 0.717) is 5.58 Å². The summed E-state index contributed by atoms with van der Waals surface area (Å²) < 4.78 is 5.47. The fraction of sp³-hybridized carbons (Fsp3) is 0.438. The molecule has 5 atom stereocenters. The highest BCUT2D eigenvalue weighted by molar-refractivity contribution is 5.96. The lowest BCUT2D eigenvalue weighted by Gasteiger charge is -2.40. The number of piperidine rings is 1. The highest BCUT2D eigenvalue weighted by Crippen LogP contribution is 2.19. The summed E-state index contributed by atoms with van der Waals surface area (Å²) in [5, 5.41) is 35.9. The fourth-order valence-corrected chi connectivity index (χ4v) is 2.83. The SMILES string of the molecule is C[C@@H]1N[C@H](CNC(=O)c2cc3ccccc3o2)[C@@H](O)[C@H](O)[C@@H]1O. The molecule has 1 saturated heterocycles. The van der Waals surface area contributed by atoms with Crippen LogP contribution in [0.3, 0.4) is 0 Å². The van der Waals surface area contributed by atoms with Gasteiger partial charge in [-0.05, 0) is 19.1 Å². The standard InChI is InChI=1S/C16H20N2O5/c1-8-13(19)15(21)14(20)10(18-8)7-17-16(22)12-6-9-4-2-3-5-11(9)23-12/h2-6,8,10,13-15,18-21H,7H2,1H3,(H,17,22)/t8-,10+,13+,14+,15+/m0/s1. The van der Waals surface area contributed by atoms with Gasteiger partial charge in [0.2, 0.25) is 0 Å². The van der Waals surface area contributed by atoms with Gasteiger partial charge in [-0.2, -0.15) is 0 Å². The maximum absolute atomic E-state index is 12.2. The number of nitrogens with one attached hydrogen (secondary N) is 2. The van der Waals surface area contributed by atoms with Crippen LogP contribution >= 0.6 is 0 Å². The van der Waals surface area contributed by atoms with Gasteiger partial charge in [-0.1, -0.05) is 18.2 Å². The molecule has 1 fully saturated rings. The van der Waals surface area contributed by atoms with Gasteiger partial charge in [-0.25, -0.2) is 0 Å². The molecule has 7 heteroatoms. The predicted molar refractivity (Wildman–Crippen MR) is 83.0 cm³/mol. The zero-order valence-corrected chi connectivity index (χ0v) is 12.6. The van der Waals surface area contributed by atoms with E-state index >= 15 is 0 Å². The Kier molecular flexibility index (Phi) is 4.36. The summed E-state index contributed by atoms with van der Waals surface area (Å²) in [7, 11) is 0. The molecule has 23 heavy (non-hydrogen) atoms. The Hall–Kier alpha value is -1.93. The summed E-state index contributed by atoms with van der Waals surface area (Å²) in [6.45, 7) is 1.80. The van der Waals surface area contributed by atoms with Gasteiger partial charge in [0.1, 0.15) is 11.7 Å². The summed E-state index contributed by atoms with van der Waals surface area (Å²) in [5.41, 5.74) is 0.626. The molecule has 3 rings (SSSR count). The minimum atomic E-state index is -1.25. The van der Waals surface area contributed by atoms with Crippen LogP contribution in [-0.2, 0) is 0 Å². The van der Waals surface area contributed by atoms with E-state index in [1.807, 2.05) is 18.2 Å². The van der Waals surface area contributed by atoms with Crippen LogP contribution in [0.2, 0.25) is 0 Å². The number of carbonyl (C=O) groups is 1. The van der Waals surface area contributed by atoms with Crippen LogP contribution in [0.5, 0.6) is 0 Å². The van der Waals surface area contributed by atoms with Crippen LogP contribution < -0.4 is 10.6 Å². The molecule has 2 heterocycles. The van der Waals surface area contributed by atoms with Gasteiger partial charge in [0.25, 0.3) is 5.91 Å². The molecule has 5 N–H and O–H groups in total. The number of furan rings is 1. The molecule has 0 saturated carbocycles. The van der Waals surface area contributed by atoms with Crippen molar-refractivity contribution in [2.75, 3.05) is 6.54 Å². The number of benzene rings is 1. The number of amides is 1. The van der Waals surface area contributed by atoms with Crippen molar-refractivity contribution in [2.24, 2.45) is 0 Å². The second-order valence-corrected chi connectivity index (χ2v) is 5.89. The van der Waals surface area contributed by atoms with Crippen LogP contribution in [0.15, 0.2) is 34.7 Å². The summed E-state index contributed by atoms with van der Waals surface area (Å²) >= 11 is 0. The quantitative estimate of drug-likeness (QED) is 0.526. The van der Waals surface area contributed by atoms with Gasteiger partial charge >= 0.3 is 0 Å². The first-order chi connectivity index (χ1) is 11.0. The van der Waals surface area contributed by atoms with Crippen LogP contribution in [-0.4, -0.2) is 58.2 Å². The second-order valence-electron chi connectivity index (χ2n) is 5.89. The number of rotatable bonds is 3. The lowest BCUT2D eigenvalue weighted by Crippen LogP contribution is -2.66. The fourth-order valence-electron chi connectivity index (χ4n) is 2.83. The largest absolute Gasteiger partial charge is 0.451 e. The molecule has 1 aromatic heterocycles. The molecule has 124 valence electrons. The Bertz CT molecular complexity index is 668. The lowest BCUT2D eigenvalue weighted by molar-refractivity contribution is -0.109. The normalized spacial score (nSPS) is 31.2. The molecule has 0 bridgehead atoms. The molecule has 1 aliphatic rings. The molecule has 0 aliphatic carbocycles. The van der Waals surface area contributed by atoms with E-state index < -0.39 is 30.3 Å². The maximum atomic E-state index is 12.2. The third-order valence-electron chi connectivity index (χ3n) is 4.23. The van der Waals surface area contributed by atoms with Gasteiger partial charge in [0.05, 0.1) is 18.2 Å². The number of hydrogen-bond donors (Lipinski definition) is 5. The summed E-state index contributed by atoms with van der Waals surface area (Å²) in [5.74, 6) is -0.214. The van der Waals surface area contributed by atoms with E-state index in [1.54, 1.807) is 19.1 Å². The van der Waals surface area contributed by atoms with E-state index in [0.717, 1.165) is 5.39 Å². The predicted octanol–water partition coefficient (Wildman–Crippen LogP) is -0.394. The molecule has 2 aromatic rings. The van der Waals surface area contributed by atoms with Gasteiger partial charge in [0.15, 0.2) is 5.76 Å². The van der Waals surface area contributed by atoms with Crippen LogP contribution in [0.25, 0.3) is 11.0 Å². The van der Waals surface area contributed by atoms with Crippen LogP contribution in [0, 0.1) is 0 Å². The van der Waals surface area contributed by atoms with Crippen molar-refractivity contribution >= 4 is 16.9 Å². The Morgan fingerprint density at radius 3 is 2.70 bits per heavy atom. The molecular formula is C16H20N2O5. The van der Waals surface area contributed by atoms with Crippen molar-refractivity contribution in [3.63, 3.8) is 0 Å². The first kappa shape index (κ1) is 15.9. The van der Waals surface area contributed by atoms with Gasteiger partial charge in [0, 0.05) is 18.0 Å². The number of fused-ring (bicyclic) bond motifs is 1. The smallest absolute Gasteiger partial charge is 0.287 e. The molecule has 7 nitrogen and oxygen atoms in total. The zero-order chi connectivity index (χ0) is 16.6. The minimum Gasteiger partial charge on any atom is -0.451 e. The molecule has 0 spiro atoms. The Labute approximate surface area is 132 Å². The number of hydrogen-bond acceptors (Lipinski definition) is 6. The number of aliphatic hydroxyl groups excluding tert-OH is 3. The zero-order valence-electron chi connectivity index (χ0n) is 12.6. The molecule has 1 amide bonds. The molecule has 0 radical (unpaired) electrons. The summed E-state index contributed by atoms with van der Waals surface area (Å²) in [6.07, 6.45) is -3.47. The lowest BCUT2D eigenvalue weighted by atomic mass is 9.91. The van der Waals surface area contributed by atoms with Gasteiger partial charge < -0.3 is 30.4 Å². The Morgan fingerprint density at radius 1 is 1.22 bits per heavy atom. The van der Waals surface area contributed by atoms with Crippen molar-refractivity contribution < 1.29 is 24.5 Å².